The van der Waals surface area contributed by atoms with E-state index in [0.717, 1.165) is 153 Å². The summed E-state index contributed by atoms with van der Waals surface area (Å²) in [6, 6.07) is 24.6. The highest BCUT2D eigenvalue weighted by Crippen LogP contribution is 2.35. The molecule has 104 heavy (non-hydrogen) atoms. The monoisotopic (exact) mass is 1430 g/mol. The normalized spacial score (nSPS) is 18.3. The quantitative estimate of drug-likeness (QED) is 0.0881. The predicted octanol–water partition coefficient (Wildman–Crippen LogP) is 12.5. The molecule has 14 rings (SSSR count). The molecule has 6 aliphatic rings. The number of aromatic nitrogens is 8. The minimum Gasteiger partial charge on any atom is -0.496 e. The van der Waals surface area contributed by atoms with E-state index in [0.29, 0.717) is 77.7 Å². The second kappa shape index (κ2) is 35.4. The molecule has 0 unspecified atom stereocenters. The lowest BCUT2D eigenvalue weighted by Crippen LogP contribution is -2.54. The van der Waals surface area contributed by atoms with Crippen molar-refractivity contribution in [2.75, 3.05) is 165 Å². The molecule has 0 saturated carbocycles. The largest absolute Gasteiger partial charge is 0.496 e. The van der Waals surface area contributed by atoms with Crippen molar-refractivity contribution in [1.29, 1.82) is 0 Å². The third-order valence-corrected chi connectivity index (χ3v) is 22.2. The summed E-state index contributed by atoms with van der Waals surface area (Å²) in [4.78, 5) is 43.0. The van der Waals surface area contributed by atoms with E-state index in [1.165, 1.54) is 87.5 Å². The molecule has 0 amide bonds. The average molecular weight is 1430 g/mol. The van der Waals surface area contributed by atoms with Gasteiger partial charge in [-0.2, -0.15) is 19.9 Å². The zero-order valence-electron chi connectivity index (χ0n) is 65.7. The first-order chi connectivity index (χ1) is 50.0. The van der Waals surface area contributed by atoms with Gasteiger partial charge in [0.05, 0.1) is 14.2 Å². The number of methoxy groups -OCH3 is 2. The minimum atomic E-state index is 0.548. The molecule has 0 radical (unpaired) electrons. The first-order valence-corrected chi connectivity index (χ1v) is 38.3. The molecule has 6 saturated heterocycles. The van der Waals surface area contributed by atoms with Gasteiger partial charge in [0.15, 0.2) is 0 Å². The van der Waals surface area contributed by atoms with Gasteiger partial charge >= 0.3 is 0 Å². The first-order valence-electron chi connectivity index (χ1n) is 38.3. The molecular weight excluding hydrogens is 1310 g/mol. The molecule has 8 aromatic rings. The highest BCUT2D eigenvalue weighted by atomic mass is 16.5. The van der Waals surface area contributed by atoms with Crippen LogP contribution in [0.3, 0.4) is 0 Å². The smallest absolute Gasteiger partial charge is 0.266 e. The van der Waals surface area contributed by atoms with Crippen molar-refractivity contribution in [3.63, 3.8) is 0 Å². The topological polar surface area (TPSA) is 207 Å². The molecule has 564 valence electrons. The van der Waals surface area contributed by atoms with Gasteiger partial charge in [-0.3, -0.25) is 29.4 Å². The van der Waals surface area contributed by atoms with Gasteiger partial charge in [-0.25, -0.2) is 0 Å². The summed E-state index contributed by atoms with van der Waals surface area (Å²) < 4.78 is 33.1. The highest BCUT2D eigenvalue weighted by Gasteiger charge is 2.33. The van der Waals surface area contributed by atoms with Gasteiger partial charge in [0.2, 0.25) is 0 Å². The van der Waals surface area contributed by atoms with Crippen molar-refractivity contribution in [3.8, 4) is 57.3 Å². The van der Waals surface area contributed by atoms with E-state index in [4.69, 9.17) is 32.6 Å². The van der Waals surface area contributed by atoms with Gasteiger partial charge in [-0.15, -0.1) is 0 Å². The second-order valence-electron chi connectivity index (χ2n) is 30.5. The molecule has 6 fully saturated rings. The van der Waals surface area contributed by atoms with Crippen LogP contribution >= 0.6 is 0 Å². The van der Waals surface area contributed by atoms with Gasteiger partial charge in [-0.05, 0) is 215 Å². The molecule has 4 aromatic heterocycles. The molecule has 0 spiro atoms. The number of nitrogens with zero attached hydrogens (tertiary/aromatic N) is 18. The molecule has 0 N–H and O–H groups in total. The maximum absolute atomic E-state index is 5.63. The van der Waals surface area contributed by atoms with Crippen LogP contribution in [0.15, 0.2) is 78.8 Å². The van der Waals surface area contributed by atoms with E-state index in [2.05, 4.69) is 223 Å². The summed E-state index contributed by atoms with van der Waals surface area (Å²) in [5, 5.41) is 16.9. The van der Waals surface area contributed by atoms with Crippen molar-refractivity contribution in [2.45, 2.75) is 173 Å². The van der Waals surface area contributed by atoms with Gasteiger partial charge in [0.25, 0.3) is 47.4 Å². The Balaban J connectivity index is 0.000000140. The Morgan fingerprint density at radius 1 is 0.308 bits per heavy atom. The highest BCUT2D eigenvalue weighted by molar-refractivity contribution is 5.65. The molecule has 0 bridgehead atoms. The number of anilines is 4. The van der Waals surface area contributed by atoms with E-state index >= 15 is 0 Å². The summed E-state index contributed by atoms with van der Waals surface area (Å²) in [5.74, 6) is 6.84. The zero-order valence-corrected chi connectivity index (χ0v) is 65.7. The first kappa shape index (κ1) is 77.1. The van der Waals surface area contributed by atoms with Crippen LogP contribution in [0.5, 0.6) is 11.5 Å². The number of rotatable bonds is 16. The number of piperidine rings is 2. The van der Waals surface area contributed by atoms with E-state index in [-0.39, 0.29) is 0 Å². The third-order valence-electron chi connectivity index (χ3n) is 22.2. The maximum atomic E-state index is 5.63. The Labute approximate surface area is 618 Å². The second-order valence-corrected chi connectivity index (χ2v) is 30.5. The lowest BCUT2D eigenvalue weighted by Gasteiger charge is -2.43. The number of ether oxygens (including phenoxy) is 2. The van der Waals surface area contributed by atoms with Crippen LogP contribution in [0, 0.1) is 55.4 Å². The number of hydrogen-bond acceptors (Lipinski definition) is 24. The standard InChI is InChI=1S/C23H35N5O2.C22H33N5O.C18H26N4O2.C17H24N4O/c1-16(2)26-10-12-27(13-11-26)19-6-8-28(9-7-19)23-24-22(30-25-23)20-15-21(29-5)18(4)14-17(20)3;1-16(2)25-11-13-26(14-12-25)19-7-9-27(10-8-19)22-23-21(28-24-22)20-6-5-17(3)15-18(20)4;1-12(2)21-6-8-22(9-7-21)18-19-17(24-20-18)15-11-16(23-5)14(4)10-13(15)3;1-12(2)20-7-9-21(10-8-20)17-18-16(22-19-17)15-6-5-13(3)11-14(15)4/h14-16,19H,6-13H2,1-5H3;5-6,15-16,19H,7-14H2,1-4H3;10-12H,6-9H2,1-5H3;5-6,11-12H,7-10H2,1-4H3. The Morgan fingerprint density at radius 2 is 0.567 bits per heavy atom. The lowest BCUT2D eigenvalue weighted by molar-refractivity contribution is 0.0691. The predicted molar refractivity (Wildman–Crippen MR) is 415 cm³/mol. The molecule has 10 heterocycles. The average Bonchev–Trinajstić information content (AvgIpc) is 1.64. The molecule has 0 atom stereocenters. The fourth-order valence-corrected chi connectivity index (χ4v) is 15.5. The van der Waals surface area contributed by atoms with Crippen molar-refractivity contribution in [3.05, 3.63) is 105 Å². The molecule has 4 aromatic carbocycles. The van der Waals surface area contributed by atoms with Crippen molar-refractivity contribution >= 4 is 23.8 Å². The molecule has 24 nitrogen and oxygen atoms in total. The SMILES string of the molecule is COc1cc(-c2nc(N3CCC(N4CCN(C(C)C)CC4)CC3)no2)c(C)cc1C.COc1cc(-c2nc(N3CCN(C(C)C)CC3)no2)c(C)cc1C.Cc1ccc(-c2nc(N3CCC(N4CCN(C(C)C)CC4)CC3)no2)c(C)c1.Cc1ccc(-c2nc(N3CCN(C(C)C)CC3)no2)c(C)c1. The Hall–Kier alpha value is -8.00. The van der Waals surface area contributed by atoms with Crippen LogP contribution < -0.4 is 29.1 Å². The summed E-state index contributed by atoms with van der Waals surface area (Å²) in [7, 11) is 3.36. The van der Waals surface area contributed by atoms with Crippen molar-refractivity contribution in [2.24, 2.45) is 0 Å². The molecule has 6 aliphatic heterocycles. The summed E-state index contributed by atoms with van der Waals surface area (Å²) in [6.07, 6.45) is 4.66. The van der Waals surface area contributed by atoms with Gasteiger partial charge < -0.3 is 47.2 Å². The van der Waals surface area contributed by atoms with Gasteiger partial charge in [0.1, 0.15) is 11.5 Å². The minimum absolute atomic E-state index is 0.548. The van der Waals surface area contributed by atoms with Crippen molar-refractivity contribution < 1.29 is 27.6 Å². The molecule has 24 heteroatoms. The molecule has 0 aliphatic carbocycles. The number of aryl methyl sites for hydroxylation is 8. The third kappa shape index (κ3) is 19.2. The number of piperazine rings is 4. The number of hydrogen-bond donors (Lipinski definition) is 0. The maximum Gasteiger partial charge on any atom is 0.266 e. The zero-order chi connectivity index (χ0) is 73.9. The Kier molecular flexibility index (Phi) is 26.2. The summed E-state index contributed by atoms with van der Waals surface area (Å²) >= 11 is 0. The van der Waals surface area contributed by atoms with Crippen LogP contribution in [-0.2, 0) is 0 Å². The fourth-order valence-electron chi connectivity index (χ4n) is 15.5. The number of benzene rings is 4. The van der Waals surface area contributed by atoms with E-state index in [1.54, 1.807) is 14.2 Å². The van der Waals surface area contributed by atoms with Crippen LogP contribution in [-0.4, -0.2) is 251 Å². The molecular formula is C80H118N18O6. The van der Waals surface area contributed by atoms with Crippen LogP contribution in [0.25, 0.3) is 45.8 Å². The van der Waals surface area contributed by atoms with Gasteiger partial charge in [-0.1, -0.05) is 47.5 Å². The van der Waals surface area contributed by atoms with Crippen LogP contribution in [0.1, 0.15) is 126 Å². The fraction of sp³-hybridized carbons (Fsp3) is 0.600. The van der Waals surface area contributed by atoms with E-state index in [9.17, 15) is 0 Å². The summed E-state index contributed by atoms with van der Waals surface area (Å²) in [6.45, 7) is 56.0. The Bertz CT molecular complexity index is 4000. The lowest BCUT2D eigenvalue weighted by atomic mass is 10.0. The van der Waals surface area contributed by atoms with Crippen molar-refractivity contribution in [1.82, 2.24) is 70.0 Å². The van der Waals surface area contributed by atoms with E-state index < -0.39 is 0 Å². The Morgan fingerprint density at radius 3 is 0.837 bits per heavy atom. The van der Waals surface area contributed by atoms with Gasteiger partial charge in [0, 0.05) is 189 Å². The van der Waals surface area contributed by atoms with E-state index in [1.807, 2.05) is 32.9 Å². The van der Waals surface area contributed by atoms with Crippen LogP contribution in [0.2, 0.25) is 0 Å². The summed E-state index contributed by atoms with van der Waals surface area (Å²) in [5.41, 5.74) is 13.2. The van der Waals surface area contributed by atoms with Crippen LogP contribution in [0.4, 0.5) is 23.8 Å².